The zero-order chi connectivity index (χ0) is 22.8. The van der Waals surface area contributed by atoms with Crippen molar-refractivity contribution >= 4 is 44.9 Å². The predicted octanol–water partition coefficient (Wildman–Crippen LogP) is 4.41. The lowest BCUT2D eigenvalue weighted by Gasteiger charge is -2.28. The molecule has 3 aromatic heterocycles. The minimum absolute atomic E-state index is 0.105. The van der Waals surface area contributed by atoms with Crippen molar-refractivity contribution < 1.29 is 9.53 Å². The van der Waals surface area contributed by atoms with Crippen LogP contribution >= 0.6 is 23.6 Å². The molecule has 1 aliphatic rings. The number of esters is 1. The molecular formula is C24H23N5O2S2. The number of thiocarbonyl (C=S) groups is 1. The molecule has 0 saturated carbocycles. The number of para-hydroxylation sites is 1. The zero-order valence-corrected chi connectivity index (χ0v) is 19.7. The summed E-state index contributed by atoms with van der Waals surface area (Å²) in [6, 6.07) is 18.0. The van der Waals surface area contributed by atoms with E-state index in [1.54, 1.807) is 17.5 Å². The van der Waals surface area contributed by atoms with Crippen LogP contribution in [0.1, 0.15) is 36.3 Å². The highest BCUT2D eigenvalue weighted by Crippen LogP contribution is 2.40. The van der Waals surface area contributed by atoms with Crippen molar-refractivity contribution in [2.24, 2.45) is 0 Å². The number of hydrogen-bond acceptors (Lipinski definition) is 6. The monoisotopic (exact) mass is 477 g/mol. The average Bonchev–Trinajstić information content (AvgIpc) is 3.56. The summed E-state index contributed by atoms with van der Waals surface area (Å²) in [5.74, 6) is -0.219. The van der Waals surface area contributed by atoms with Crippen molar-refractivity contribution in [2.45, 2.75) is 24.9 Å². The number of nitrogens with zero attached hydrogens (tertiary/aromatic N) is 4. The van der Waals surface area contributed by atoms with Gasteiger partial charge in [-0.25, -0.2) is 4.98 Å². The van der Waals surface area contributed by atoms with Gasteiger partial charge < -0.3 is 15.0 Å². The Kier molecular flexibility index (Phi) is 6.06. The van der Waals surface area contributed by atoms with E-state index >= 15 is 0 Å². The van der Waals surface area contributed by atoms with Gasteiger partial charge in [0.1, 0.15) is 0 Å². The van der Waals surface area contributed by atoms with Gasteiger partial charge >= 0.3 is 5.97 Å². The Morgan fingerprint density at radius 1 is 1.18 bits per heavy atom. The van der Waals surface area contributed by atoms with Gasteiger partial charge in [-0.1, -0.05) is 29.5 Å². The summed E-state index contributed by atoms with van der Waals surface area (Å²) in [5, 5.41) is 5.02. The zero-order valence-electron chi connectivity index (χ0n) is 18.0. The lowest BCUT2D eigenvalue weighted by atomic mass is 10.0. The normalized spacial score (nSPS) is 18.0. The number of thiazole rings is 1. The molecule has 7 nitrogen and oxygen atoms in total. The molecule has 2 atom stereocenters. The summed E-state index contributed by atoms with van der Waals surface area (Å²) in [7, 11) is 1.41. The van der Waals surface area contributed by atoms with Crippen LogP contribution < -0.4 is 5.32 Å². The van der Waals surface area contributed by atoms with E-state index in [4.69, 9.17) is 21.9 Å². The molecule has 4 aromatic rings. The standard InChI is InChI=1S/C24H23N5O2S2/c1-31-20(30)12-7-15-29-22(21(27-23(29)32)17-9-4-5-13-25-17)18-10-6-14-28(18)24-26-16-8-2-3-11-19(16)33-24/h2-6,8-11,13-14,21-22H,7,12,15H2,1H3,(H,27,32)/t21-,22+/m0/s1. The first-order chi connectivity index (χ1) is 16.2. The molecule has 33 heavy (non-hydrogen) atoms. The van der Waals surface area contributed by atoms with Gasteiger partial charge in [-0.3, -0.25) is 14.3 Å². The predicted molar refractivity (Wildman–Crippen MR) is 132 cm³/mol. The molecule has 0 amide bonds. The van der Waals surface area contributed by atoms with E-state index in [1.807, 2.05) is 48.7 Å². The Labute approximate surface area is 201 Å². The van der Waals surface area contributed by atoms with Crippen LogP contribution in [0, 0.1) is 0 Å². The summed E-state index contributed by atoms with van der Waals surface area (Å²) < 4.78 is 8.09. The Morgan fingerprint density at radius 3 is 2.82 bits per heavy atom. The Morgan fingerprint density at radius 2 is 2.03 bits per heavy atom. The summed E-state index contributed by atoms with van der Waals surface area (Å²) in [4.78, 5) is 23.3. The van der Waals surface area contributed by atoms with Gasteiger partial charge in [0.15, 0.2) is 10.2 Å². The molecule has 0 spiro atoms. The molecule has 0 aliphatic carbocycles. The van der Waals surface area contributed by atoms with E-state index in [-0.39, 0.29) is 18.1 Å². The Hall–Kier alpha value is -3.30. The molecule has 9 heteroatoms. The number of ether oxygens (including phenoxy) is 1. The van der Waals surface area contributed by atoms with Crippen LogP contribution in [0.4, 0.5) is 0 Å². The van der Waals surface area contributed by atoms with Gasteiger partial charge in [0.25, 0.3) is 0 Å². The number of aromatic nitrogens is 3. The second-order valence-electron chi connectivity index (χ2n) is 7.77. The molecule has 0 bridgehead atoms. The Bertz CT molecular complexity index is 1250. The molecule has 0 radical (unpaired) electrons. The average molecular weight is 478 g/mol. The van der Waals surface area contributed by atoms with Crippen molar-refractivity contribution in [2.75, 3.05) is 13.7 Å². The fraction of sp³-hybridized carbons (Fsp3) is 0.250. The smallest absolute Gasteiger partial charge is 0.305 e. The molecule has 4 heterocycles. The van der Waals surface area contributed by atoms with Crippen LogP contribution in [-0.4, -0.2) is 44.2 Å². The number of rotatable bonds is 7. The molecule has 0 unspecified atom stereocenters. The number of benzene rings is 1. The first-order valence-electron chi connectivity index (χ1n) is 10.7. The van der Waals surface area contributed by atoms with Gasteiger partial charge in [0.05, 0.1) is 40.8 Å². The first-order valence-corrected chi connectivity index (χ1v) is 12.0. The van der Waals surface area contributed by atoms with Crippen molar-refractivity contribution in [1.29, 1.82) is 0 Å². The van der Waals surface area contributed by atoms with Crippen LogP contribution in [0.3, 0.4) is 0 Å². The molecule has 1 saturated heterocycles. The van der Waals surface area contributed by atoms with Gasteiger partial charge in [-0.2, -0.15) is 0 Å². The van der Waals surface area contributed by atoms with E-state index in [2.05, 4.69) is 31.9 Å². The maximum atomic E-state index is 11.7. The number of hydrogen-bond donors (Lipinski definition) is 1. The molecular weight excluding hydrogens is 454 g/mol. The van der Waals surface area contributed by atoms with Crippen molar-refractivity contribution in [3.8, 4) is 5.13 Å². The number of nitrogens with one attached hydrogen (secondary N) is 1. The highest BCUT2D eigenvalue weighted by molar-refractivity contribution is 7.80. The highest BCUT2D eigenvalue weighted by Gasteiger charge is 2.41. The molecule has 5 rings (SSSR count). The number of methoxy groups -OCH3 is 1. The molecule has 1 aliphatic heterocycles. The van der Waals surface area contributed by atoms with Crippen molar-refractivity contribution in [1.82, 2.24) is 24.8 Å². The van der Waals surface area contributed by atoms with Gasteiger partial charge in [-0.05, 0) is 55.0 Å². The summed E-state index contributed by atoms with van der Waals surface area (Å²) >= 11 is 7.39. The van der Waals surface area contributed by atoms with Crippen molar-refractivity contribution in [3.63, 3.8) is 0 Å². The fourth-order valence-electron chi connectivity index (χ4n) is 4.24. The lowest BCUT2D eigenvalue weighted by molar-refractivity contribution is -0.140. The van der Waals surface area contributed by atoms with Gasteiger partial charge in [0.2, 0.25) is 0 Å². The summed E-state index contributed by atoms with van der Waals surface area (Å²) in [5.41, 5.74) is 2.96. The third kappa shape index (κ3) is 4.21. The first kappa shape index (κ1) is 21.5. The molecule has 1 fully saturated rings. The second kappa shape index (κ2) is 9.29. The van der Waals surface area contributed by atoms with E-state index in [0.29, 0.717) is 24.5 Å². The van der Waals surface area contributed by atoms with Crippen LogP contribution in [0.15, 0.2) is 67.0 Å². The maximum absolute atomic E-state index is 11.7. The number of carbonyl (C=O) groups is 1. The number of pyridine rings is 1. The van der Waals surface area contributed by atoms with E-state index in [9.17, 15) is 4.79 Å². The molecule has 1 N–H and O–H groups in total. The number of fused-ring (bicyclic) bond motifs is 1. The van der Waals surface area contributed by atoms with Gasteiger partial charge in [-0.15, -0.1) is 0 Å². The SMILES string of the molecule is COC(=O)CCCN1C(=S)N[C@@H](c2ccccn2)[C@H]1c1cccn1-c1nc2ccccc2s1. The number of carbonyl (C=O) groups excluding carboxylic acids is 1. The van der Waals surface area contributed by atoms with Crippen LogP contribution in [-0.2, 0) is 9.53 Å². The largest absolute Gasteiger partial charge is 0.469 e. The third-order valence-electron chi connectivity index (χ3n) is 5.78. The summed E-state index contributed by atoms with van der Waals surface area (Å²) in [6.07, 6.45) is 4.82. The lowest BCUT2D eigenvalue weighted by Crippen LogP contribution is -2.31. The van der Waals surface area contributed by atoms with E-state index < -0.39 is 0 Å². The minimum atomic E-state index is -0.219. The van der Waals surface area contributed by atoms with Gasteiger partial charge in [0, 0.05) is 25.4 Å². The van der Waals surface area contributed by atoms with Crippen LogP contribution in [0.25, 0.3) is 15.3 Å². The second-order valence-corrected chi connectivity index (χ2v) is 9.16. The van der Waals surface area contributed by atoms with Crippen LogP contribution in [0.2, 0.25) is 0 Å². The van der Waals surface area contributed by atoms with Crippen molar-refractivity contribution in [3.05, 3.63) is 78.4 Å². The van der Waals surface area contributed by atoms with E-state index in [0.717, 1.165) is 26.7 Å². The van der Waals surface area contributed by atoms with Crippen LogP contribution in [0.5, 0.6) is 0 Å². The van der Waals surface area contributed by atoms with E-state index in [1.165, 1.54) is 7.11 Å². The fourth-order valence-corrected chi connectivity index (χ4v) is 5.54. The minimum Gasteiger partial charge on any atom is -0.469 e. The highest BCUT2D eigenvalue weighted by atomic mass is 32.1. The molecule has 168 valence electrons. The Balaban J connectivity index is 1.53. The third-order valence-corrected chi connectivity index (χ3v) is 7.17. The quantitative estimate of drug-likeness (QED) is 0.312. The summed E-state index contributed by atoms with van der Waals surface area (Å²) in [6.45, 7) is 0.625. The maximum Gasteiger partial charge on any atom is 0.305 e. The molecule has 1 aromatic carbocycles. The topological polar surface area (TPSA) is 72.3 Å².